The van der Waals surface area contributed by atoms with Crippen molar-refractivity contribution < 1.29 is 22.8 Å². The van der Waals surface area contributed by atoms with Gasteiger partial charge in [0.25, 0.3) is 5.91 Å². The largest absolute Gasteiger partial charge is 0.433 e. The van der Waals surface area contributed by atoms with Crippen LogP contribution in [0.5, 0.6) is 0 Å². The van der Waals surface area contributed by atoms with E-state index in [1.54, 1.807) is 25.3 Å². The van der Waals surface area contributed by atoms with E-state index in [0.29, 0.717) is 17.5 Å². The molecule has 5 rings (SSSR count). The van der Waals surface area contributed by atoms with Gasteiger partial charge in [-0.15, -0.1) is 0 Å². The van der Waals surface area contributed by atoms with Gasteiger partial charge in [-0.1, -0.05) is 17.3 Å². The fraction of sp³-hybridized carbons (Fsp3) is 0.333. The van der Waals surface area contributed by atoms with Crippen molar-refractivity contribution in [2.75, 3.05) is 0 Å². The van der Waals surface area contributed by atoms with Crippen molar-refractivity contribution in [3.8, 4) is 11.3 Å². The van der Waals surface area contributed by atoms with Crippen LogP contribution in [0.15, 0.2) is 60.0 Å². The number of rotatable bonds is 5. The summed E-state index contributed by atoms with van der Waals surface area (Å²) in [4.78, 5) is 27.0. The van der Waals surface area contributed by atoms with Crippen molar-refractivity contribution in [1.82, 2.24) is 15.3 Å². The molecule has 0 bridgehead atoms. The second-order valence-corrected chi connectivity index (χ2v) is 9.53. The summed E-state index contributed by atoms with van der Waals surface area (Å²) in [6.45, 7) is 3.65. The molecule has 3 heterocycles. The molecule has 1 N–H and O–H groups in total. The first-order valence-corrected chi connectivity index (χ1v) is 11.8. The van der Waals surface area contributed by atoms with Crippen LogP contribution < -0.4 is 5.32 Å². The summed E-state index contributed by atoms with van der Waals surface area (Å²) < 4.78 is 38.5. The number of halogens is 3. The van der Waals surface area contributed by atoms with E-state index in [0.717, 1.165) is 59.6 Å². The molecule has 3 aromatic rings. The average Bonchev–Trinajstić information content (AvgIpc) is 3.31. The van der Waals surface area contributed by atoms with Gasteiger partial charge in [0.1, 0.15) is 11.3 Å². The molecule has 2 aromatic heterocycles. The summed E-state index contributed by atoms with van der Waals surface area (Å²) in [5, 5.41) is 7.19. The van der Waals surface area contributed by atoms with Crippen LogP contribution >= 0.6 is 0 Å². The Hall–Kier alpha value is -3.75. The van der Waals surface area contributed by atoms with Crippen LogP contribution in [0.2, 0.25) is 0 Å². The summed E-state index contributed by atoms with van der Waals surface area (Å²) in [7, 11) is 0. The predicted molar refractivity (Wildman–Crippen MR) is 128 cm³/mol. The number of benzene rings is 1. The Labute approximate surface area is 206 Å². The highest BCUT2D eigenvalue weighted by atomic mass is 19.4. The predicted octanol–water partition coefficient (Wildman–Crippen LogP) is 6.01. The maximum absolute atomic E-state index is 13.3. The lowest BCUT2D eigenvalue weighted by Crippen LogP contribution is -2.36. The number of nitrogens with one attached hydrogen (secondary N) is 1. The van der Waals surface area contributed by atoms with Gasteiger partial charge < -0.3 is 10.2 Å². The van der Waals surface area contributed by atoms with E-state index in [1.807, 2.05) is 25.1 Å². The summed E-state index contributed by atoms with van der Waals surface area (Å²) in [6, 6.07) is 11.0. The Bertz CT molecular complexity index is 1310. The van der Waals surface area contributed by atoms with Gasteiger partial charge in [0, 0.05) is 35.5 Å². The Morgan fingerprint density at radius 1 is 1.06 bits per heavy atom. The normalized spacial score (nSPS) is 17.2. The Kier molecular flexibility index (Phi) is 6.02. The van der Waals surface area contributed by atoms with Crippen molar-refractivity contribution in [2.45, 2.75) is 57.3 Å². The topological polar surface area (TPSA) is 76.5 Å². The highest BCUT2D eigenvalue weighted by molar-refractivity contribution is 6.05. The molecular formula is C27H25F3N4O2. The molecule has 0 radical (unpaired) electrons. The molecule has 2 aliphatic rings. The van der Waals surface area contributed by atoms with E-state index >= 15 is 0 Å². The average molecular weight is 495 g/mol. The van der Waals surface area contributed by atoms with E-state index in [2.05, 4.69) is 20.4 Å². The molecule has 1 aliphatic carbocycles. The number of amides is 1. The molecule has 1 saturated carbocycles. The zero-order chi connectivity index (χ0) is 25.5. The SMILES string of the molecule is Cc1ccc(-c2cc(C(=O)N[C@H](C)c3ccc(C(F)(F)F)nc3)cc(C3=NOC4(CCC4)C3)c2)nc1. The molecule has 1 spiro atoms. The number of oxime groups is 1. The van der Waals surface area contributed by atoms with Crippen molar-refractivity contribution in [1.29, 1.82) is 0 Å². The Morgan fingerprint density at radius 3 is 2.42 bits per heavy atom. The van der Waals surface area contributed by atoms with Crippen LogP contribution in [0.3, 0.4) is 0 Å². The van der Waals surface area contributed by atoms with Gasteiger partial charge in [-0.2, -0.15) is 13.2 Å². The van der Waals surface area contributed by atoms with Gasteiger partial charge in [-0.25, -0.2) is 0 Å². The Balaban J connectivity index is 1.42. The van der Waals surface area contributed by atoms with E-state index in [9.17, 15) is 18.0 Å². The molecule has 186 valence electrons. The Morgan fingerprint density at radius 2 is 1.83 bits per heavy atom. The summed E-state index contributed by atoms with van der Waals surface area (Å²) >= 11 is 0. The van der Waals surface area contributed by atoms with Gasteiger partial charge in [0.05, 0.1) is 17.4 Å². The van der Waals surface area contributed by atoms with E-state index in [4.69, 9.17) is 4.84 Å². The van der Waals surface area contributed by atoms with Crippen LogP contribution in [0, 0.1) is 6.92 Å². The van der Waals surface area contributed by atoms with Gasteiger partial charge in [0.15, 0.2) is 0 Å². The summed E-state index contributed by atoms with van der Waals surface area (Å²) in [6.07, 6.45) is 2.11. The third-order valence-electron chi connectivity index (χ3n) is 6.76. The van der Waals surface area contributed by atoms with Crippen molar-refractivity contribution in [3.63, 3.8) is 0 Å². The maximum Gasteiger partial charge on any atom is 0.433 e. The summed E-state index contributed by atoms with van der Waals surface area (Å²) in [5.41, 5.74) is 3.74. The molecule has 1 atom stereocenters. The van der Waals surface area contributed by atoms with Crippen molar-refractivity contribution >= 4 is 11.6 Å². The molecule has 6 nitrogen and oxygen atoms in total. The third kappa shape index (κ3) is 4.82. The van der Waals surface area contributed by atoms with Crippen LogP contribution in [-0.4, -0.2) is 27.2 Å². The molecule has 1 amide bonds. The monoisotopic (exact) mass is 494 g/mol. The van der Waals surface area contributed by atoms with E-state index in [1.165, 1.54) is 6.07 Å². The zero-order valence-electron chi connectivity index (χ0n) is 19.9. The first-order chi connectivity index (χ1) is 17.1. The molecule has 9 heteroatoms. The maximum atomic E-state index is 13.3. The van der Waals surface area contributed by atoms with Crippen LogP contribution in [0.1, 0.15) is 71.4 Å². The number of nitrogens with zero attached hydrogens (tertiary/aromatic N) is 3. The number of alkyl halides is 3. The number of pyridine rings is 2. The van der Waals surface area contributed by atoms with Crippen molar-refractivity contribution in [3.05, 3.63) is 82.8 Å². The van der Waals surface area contributed by atoms with E-state index < -0.39 is 17.9 Å². The molecule has 1 aliphatic heterocycles. The standard InChI is InChI=1S/C27H25F3N4O2/c1-16-4-6-22(31-14-16)19-10-20(23-13-26(36-34-23)8-3-9-26)12-21(11-19)25(35)33-17(2)18-5-7-24(32-15-18)27(28,29)30/h4-7,10-12,14-15,17H,3,8-9,13H2,1-2H3,(H,33,35)/t17-/m1/s1. The molecular weight excluding hydrogens is 469 g/mol. The minimum atomic E-state index is -4.52. The van der Waals surface area contributed by atoms with Gasteiger partial charge in [0.2, 0.25) is 0 Å². The number of carbonyl (C=O) groups is 1. The van der Waals surface area contributed by atoms with Crippen LogP contribution in [-0.2, 0) is 11.0 Å². The smallest absolute Gasteiger partial charge is 0.389 e. The lowest BCUT2D eigenvalue weighted by atomic mass is 9.76. The number of aromatic nitrogens is 2. The highest BCUT2D eigenvalue weighted by Crippen LogP contribution is 2.43. The lowest BCUT2D eigenvalue weighted by molar-refractivity contribution is -0.141. The molecule has 0 saturated heterocycles. The second-order valence-electron chi connectivity index (χ2n) is 9.53. The molecule has 1 fully saturated rings. The minimum absolute atomic E-state index is 0.222. The van der Waals surface area contributed by atoms with Gasteiger partial charge >= 0.3 is 6.18 Å². The van der Waals surface area contributed by atoms with Gasteiger partial charge in [-0.05, 0) is 74.6 Å². The number of aryl methyl sites for hydroxylation is 1. The zero-order valence-corrected chi connectivity index (χ0v) is 19.9. The first-order valence-electron chi connectivity index (χ1n) is 11.8. The highest BCUT2D eigenvalue weighted by Gasteiger charge is 2.45. The number of hydrogen-bond donors (Lipinski definition) is 1. The number of hydrogen-bond acceptors (Lipinski definition) is 5. The van der Waals surface area contributed by atoms with Gasteiger partial charge in [-0.3, -0.25) is 14.8 Å². The fourth-order valence-electron chi connectivity index (χ4n) is 4.42. The molecule has 36 heavy (non-hydrogen) atoms. The number of carbonyl (C=O) groups excluding carboxylic acids is 1. The van der Waals surface area contributed by atoms with E-state index in [-0.39, 0.29) is 11.5 Å². The quantitative estimate of drug-likeness (QED) is 0.471. The second kappa shape index (κ2) is 9.04. The third-order valence-corrected chi connectivity index (χ3v) is 6.76. The lowest BCUT2D eigenvalue weighted by Gasteiger charge is -2.34. The van der Waals surface area contributed by atoms with Crippen LogP contribution in [0.25, 0.3) is 11.3 Å². The van der Waals surface area contributed by atoms with Crippen LogP contribution in [0.4, 0.5) is 13.2 Å². The minimum Gasteiger partial charge on any atom is -0.389 e. The molecule has 1 aromatic carbocycles. The van der Waals surface area contributed by atoms with Crippen molar-refractivity contribution in [2.24, 2.45) is 5.16 Å². The first kappa shape index (κ1) is 24.0. The molecule has 0 unspecified atom stereocenters. The summed E-state index contributed by atoms with van der Waals surface area (Å²) in [5.74, 6) is -0.365. The fourth-order valence-corrected chi connectivity index (χ4v) is 4.42.